The molecule has 2 N–H and O–H groups in total. The average Bonchev–Trinajstić information content (AvgIpc) is 3.92. The van der Waals surface area contributed by atoms with Gasteiger partial charge in [-0.05, 0) is 59.0 Å². The van der Waals surface area contributed by atoms with Crippen LogP contribution in [0.25, 0.3) is 0 Å². The van der Waals surface area contributed by atoms with Gasteiger partial charge in [-0.3, -0.25) is 4.79 Å². The normalized spacial score (nSPS) is 28.0. The van der Waals surface area contributed by atoms with E-state index >= 15 is 0 Å². The topological polar surface area (TPSA) is 194 Å². The molecular formula is C45H45NO16. The molecule has 1 aliphatic carbocycles. The Morgan fingerprint density at radius 1 is 0.806 bits per heavy atom. The van der Waals surface area contributed by atoms with Crippen LogP contribution in [0.5, 0.6) is 28.7 Å². The molecular weight excluding hydrogens is 810 g/mol. The minimum Gasteiger partial charge on any atom is -0.493 e. The van der Waals surface area contributed by atoms with Crippen LogP contribution < -0.4 is 29.0 Å². The molecule has 17 heteroatoms. The zero-order valence-electron chi connectivity index (χ0n) is 34.0. The number of benzene rings is 4. The molecule has 17 nitrogen and oxygen atoms in total. The summed E-state index contributed by atoms with van der Waals surface area (Å²) in [5.41, 5.74) is 3.33. The van der Waals surface area contributed by atoms with E-state index in [1.807, 2.05) is 60.7 Å². The fraction of sp³-hybridized carbons (Fsp3) is 0.400. The van der Waals surface area contributed by atoms with E-state index in [2.05, 4.69) is 5.32 Å². The van der Waals surface area contributed by atoms with Gasteiger partial charge in [-0.25, -0.2) is 9.59 Å². The smallest absolute Gasteiger partial charge is 0.493 e. The summed E-state index contributed by atoms with van der Waals surface area (Å²) in [6, 6.07) is 24.0. The van der Waals surface area contributed by atoms with Crippen molar-refractivity contribution in [3.8, 4) is 28.7 Å². The summed E-state index contributed by atoms with van der Waals surface area (Å²) in [6.45, 7) is 1.67. The Bertz CT molecular complexity index is 2250. The number of hydrogen-bond acceptors (Lipinski definition) is 16. The largest absolute Gasteiger partial charge is 0.514 e. The number of cyclic esters (lactones) is 1. The molecule has 0 radical (unpaired) electrons. The highest BCUT2D eigenvalue weighted by Gasteiger charge is 2.56. The highest BCUT2D eigenvalue weighted by molar-refractivity contribution is 5.79. The van der Waals surface area contributed by atoms with Gasteiger partial charge in [0.1, 0.15) is 37.6 Å². The molecule has 326 valence electrons. The van der Waals surface area contributed by atoms with Gasteiger partial charge in [0.2, 0.25) is 12.5 Å². The Kier molecular flexibility index (Phi) is 11.8. The number of carbonyl (C=O) groups excluding carboxylic acids is 3. The number of carbonyl (C=O) groups is 3. The summed E-state index contributed by atoms with van der Waals surface area (Å²) in [7, 11) is 2.83. The van der Waals surface area contributed by atoms with E-state index in [1.54, 1.807) is 31.2 Å². The second-order valence-corrected chi connectivity index (χ2v) is 15.3. The molecule has 4 aromatic carbocycles. The molecule has 0 saturated carbocycles. The van der Waals surface area contributed by atoms with E-state index < -0.39 is 79.0 Å². The summed E-state index contributed by atoms with van der Waals surface area (Å²) >= 11 is 0. The maximum Gasteiger partial charge on any atom is 0.514 e. The number of nitrogens with one attached hydrogen (secondary N) is 1. The number of fused-ring (bicyclic) bond motifs is 4. The van der Waals surface area contributed by atoms with Crippen molar-refractivity contribution >= 4 is 18.2 Å². The van der Waals surface area contributed by atoms with E-state index in [4.69, 9.17) is 56.8 Å². The van der Waals surface area contributed by atoms with Crippen molar-refractivity contribution in [3.63, 3.8) is 0 Å². The fourth-order valence-corrected chi connectivity index (χ4v) is 8.72. The van der Waals surface area contributed by atoms with Gasteiger partial charge in [0.15, 0.2) is 35.6 Å². The number of rotatable bonds is 11. The van der Waals surface area contributed by atoms with Gasteiger partial charge in [-0.1, -0.05) is 60.7 Å². The summed E-state index contributed by atoms with van der Waals surface area (Å²) in [5, 5.41) is 14.6. The highest BCUT2D eigenvalue weighted by atomic mass is 16.8. The standard InChI is InChI=1S/C45H45NO16/c1-23-53-21-34-41(59-23)38(47)37(46-44(49)55-18-24-10-6-4-7-11-24)43(60-34)61-39-28-17-31-30(57-22-58-31)16-27(28)35(36-29(39)20-54-42(36)48)26-14-32(51-2)40(33(15-26)52-3)62-45(50)56-19-25-12-8-5-9-13-25/h4-17,23,29,34-39,41,43,47H,18-22H2,1-3H3,(H,46,49)/t23-,29+,34-,35-,36+,37-,38-,39-,41-,43+/m1/s1. The lowest BCUT2D eigenvalue weighted by Gasteiger charge is -2.49. The molecule has 0 bridgehead atoms. The molecule has 0 unspecified atom stereocenters. The first-order chi connectivity index (χ1) is 30.2. The minimum absolute atomic E-state index is 0.0201. The van der Waals surface area contributed by atoms with Gasteiger partial charge in [-0.15, -0.1) is 0 Å². The van der Waals surface area contributed by atoms with Crippen molar-refractivity contribution in [3.05, 3.63) is 113 Å². The first-order valence-electron chi connectivity index (χ1n) is 20.2. The number of amides is 1. The second-order valence-electron chi connectivity index (χ2n) is 15.3. The first kappa shape index (κ1) is 41.3. The van der Waals surface area contributed by atoms with E-state index in [9.17, 15) is 19.5 Å². The summed E-state index contributed by atoms with van der Waals surface area (Å²) in [5.74, 6) is -1.55. The molecule has 5 aliphatic rings. The molecule has 4 aromatic rings. The Morgan fingerprint density at radius 3 is 2.11 bits per heavy atom. The zero-order valence-corrected chi connectivity index (χ0v) is 34.0. The molecule has 10 atom stereocenters. The summed E-state index contributed by atoms with van der Waals surface area (Å²) in [4.78, 5) is 40.3. The van der Waals surface area contributed by atoms with Crippen LogP contribution in [-0.2, 0) is 51.2 Å². The van der Waals surface area contributed by atoms with Gasteiger partial charge in [0.25, 0.3) is 0 Å². The number of ether oxygens (including phenoxy) is 12. The number of aliphatic hydroxyl groups excluding tert-OH is 1. The maximum atomic E-state index is 14.0. The van der Waals surface area contributed by atoms with E-state index in [0.717, 1.165) is 11.1 Å². The Balaban J connectivity index is 1.05. The molecule has 9 rings (SSSR count). The average molecular weight is 856 g/mol. The third-order valence-electron chi connectivity index (χ3n) is 11.6. The number of methoxy groups -OCH3 is 2. The molecule has 0 spiro atoms. The lowest BCUT2D eigenvalue weighted by atomic mass is 9.66. The predicted molar refractivity (Wildman–Crippen MR) is 211 cm³/mol. The van der Waals surface area contributed by atoms with Crippen molar-refractivity contribution in [1.29, 1.82) is 0 Å². The van der Waals surface area contributed by atoms with Crippen molar-refractivity contribution in [2.75, 3.05) is 34.2 Å². The highest BCUT2D eigenvalue weighted by Crippen LogP contribution is 2.57. The second kappa shape index (κ2) is 17.7. The Hall–Kier alpha value is -6.11. The number of esters is 1. The molecule has 3 fully saturated rings. The van der Waals surface area contributed by atoms with Gasteiger partial charge >= 0.3 is 18.2 Å². The summed E-state index contributed by atoms with van der Waals surface area (Å²) < 4.78 is 70.5. The Morgan fingerprint density at radius 2 is 1.45 bits per heavy atom. The lowest BCUT2D eigenvalue weighted by molar-refractivity contribution is -0.346. The number of aliphatic hydroxyl groups is 1. The van der Waals surface area contributed by atoms with Crippen LogP contribution in [0.3, 0.4) is 0 Å². The number of hydrogen-bond donors (Lipinski definition) is 2. The number of alkyl carbamates (subject to hydrolysis) is 1. The quantitative estimate of drug-likeness (QED) is 0.112. The van der Waals surface area contributed by atoms with E-state index in [-0.39, 0.29) is 50.5 Å². The Labute approximate surface area is 355 Å². The van der Waals surface area contributed by atoms with Gasteiger partial charge in [-0.2, -0.15) is 0 Å². The molecule has 1 amide bonds. The predicted octanol–water partition coefficient (Wildman–Crippen LogP) is 5.28. The van der Waals surface area contributed by atoms with E-state index in [1.165, 1.54) is 14.2 Å². The van der Waals surface area contributed by atoms with Crippen molar-refractivity contribution < 1.29 is 76.3 Å². The van der Waals surface area contributed by atoms with Gasteiger partial charge in [0.05, 0.1) is 39.5 Å². The third kappa shape index (κ3) is 8.16. The first-order valence-corrected chi connectivity index (χ1v) is 20.2. The molecule has 62 heavy (non-hydrogen) atoms. The van der Waals surface area contributed by atoms with Gasteiger partial charge < -0.3 is 67.3 Å². The molecule has 4 aliphatic heterocycles. The van der Waals surface area contributed by atoms with Crippen LogP contribution in [0.1, 0.15) is 46.8 Å². The molecule has 0 aromatic heterocycles. The fourth-order valence-electron chi connectivity index (χ4n) is 8.72. The van der Waals surface area contributed by atoms with Crippen LogP contribution in [-0.4, -0.2) is 94.5 Å². The monoisotopic (exact) mass is 855 g/mol. The lowest BCUT2D eigenvalue weighted by Crippen LogP contribution is -2.67. The van der Waals surface area contributed by atoms with Crippen molar-refractivity contribution in [2.45, 2.75) is 69.1 Å². The zero-order chi connectivity index (χ0) is 42.9. The van der Waals surface area contributed by atoms with Gasteiger partial charge in [0, 0.05) is 11.8 Å². The maximum absolute atomic E-state index is 14.0. The minimum atomic E-state index is -1.32. The summed E-state index contributed by atoms with van der Waals surface area (Å²) in [6.07, 6.45) is -7.63. The SMILES string of the molecule is COc1cc([C@@H]2c3cc4c(cc3[C@@H](O[C@@H]3O[C@@H]5CO[C@@H](C)O[C@H]5[C@H](O)[C@H]3NC(=O)OCc3ccccc3)[C@H]3COC(=O)[C@H]23)OCO4)cc(OC)c1OC(=O)OCc1ccccc1. The third-order valence-corrected chi connectivity index (χ3v) is 11.6. The van der Waals surface area contributed by atoms with Crippen molar-refractivity contribution in [1.82, 2.24) is 5.32 Å². The van der Waals surface area contributed by atoms with Crippen molar-refractivity contribution in [2.24, 2.45) is 11.8 Å². The van der Waals surface area contributed by atoms with Crippen LogP contribution in [0.15, 0.2) is 84.9 Å². The van der Waals surface area contributed by atoms with Crippen LogP contribution in [0.4, 0.5) is 9.59 Å². The van der Waals surface area contributed by atoms with Crippen LogP contribution in [0, 0.1) is 11.8 Å². The molecule has 3 saturated heterocycles. The van der Waals surface area contributed by atoms with Crippen LogP contribution >= 0.6 is 0 Å². The van der Waals surface area contributed by atoms with Crippen LogP contribution in [0.2, 0.25) is 0 Å². The molecule has 4 heterocycles. The van der Waals surface area contributed by atoms with E-state index in [0.29, 0.717) is 28.2 Å².